The van der Waals surface area contributed by atoms with Gasteiger partial charge in [-0.25, -0.2) is 4.79 Å². The average Bonchev–Trinajstić information content (AvgIpc) is 2.78. The summed E-state index contributed by atoms with van der Waals surface area (Å²) in [6, 6.07) is 24.5. The Kier molecular flexibility index (Phi) is 7.44. The Balaban J connectivity index is 1.48. The van der Waals surface area contributed by atoms with Crippen LogP contribution >= 0.6 is 0 Å². The molecule has 6 heteroatoms. The summed E-state index contributed by atoms with van der Waals surface area (Å²) in [6.07, 6.45) is 0.688. The van der Waals surface area contributed by atoms with Gasteiger partial charge in [-0.2, -0.15) is 0 Å². The molecule has 154 valence electrons. The second-order valence-electron chi connectivity index (χ2n) is 6.47. The number of benzene rings is 3. The maximum absolute atomic E-state index is 12.0. The minimum atomic E-state index is -0.625. The summed E-state index contributed by atoms with van der Waals surface area (Å²) in [5.74, 6) is 0.0457. The van der Waals surface area contributed by atoms with Crippen LogP contribution in [0.5, 0.6) is 11.5 Å². The van der Waals surface area contributed by atoms with Gasteiger partial charge in [-0.05, 0) is 29.3 Å². The van der Waals surface area contributed by atoms with Gasteiger partial charge in [0.05, 0.1) is 12.8 Å². The summed E-state index contributed by atoms with van der Waals surface area (Å²) >= 11 is 0. The van der Waals surface area contributed by atoms with Crippen molar-refractivity contribution in [1.29, 1.82) is 0 Å². The Hall–Kier alpha value is -3.80. The second-order valence-corrected chi connectivity index (χ2v) is 6.47. The number of para-hydroxylation sites is 3. The molecule has 0 aliphatic carbocycles. The van der Waals surface area contributed by atoms with Gasteiger partial charge in [-0.1, -0.05) is 60.7 Å². The van der Waals surface area contributed by atoms with E-state index < -0.39 is 18.5 Å². The monoisotopic (exact) mass is 405 g/mol. The van der Waals surface area contributed by atoms with Crippen LogP contribution in [0.4, 0.5) is 5.69 Å². The zero-order chi connectivity index (χ0) is 21.2. The summed E-state index contributed by atoms with van der Waals surface area (Å²) in [7, 11) is 1.51. The molecule has 0 unspecified atom stereocenters. The van der Waals surface area contributed by atoms with Gasteiger partial charge in [-0.15, -0.1) is 0 Å². The Morgan fingerprint density at radius 2 is 1.47 bits per heavy atom. The van der Waals surface area contributed by atoms with Crippen LogP contribution in [0, 0.1) is 0 Å². The number of ether oxygens (including phenoxy) is 3. The SMILES string of the molecule is COc1ccccc1NC(=O)COC(=O)COc1ccccc1Cc1ccccc1. The van der Waals surface area contributed by atoms with E-state index in [9.17, 15) is 9.59 Å². The molecular weight excluding hydrogens is 382 g/mol. The van der Waals surface area contributed by atoms with E-state index >= 15 is 0 Å². The minimum Gasteiger partial charge on any atom is -0.495 e. The van der Waals surface area contributed by atoms with Crippen LogP contribution < -0.4 is 14.8 Å². The molecule has 0 saturated carbocycles. The van der Waals surface area contributed by atoms with Gasteiger partial charge < -0.3 is 19.5 Å². The maximum Gasteiger partial charge on any atom is 0.344 e. The van der Waals surface area contributed by atoms with Crippen molar-refractivity contribution >= 4 is 17.6 Å². The topological polar surface area (TPSA) is 73.9 Å². The number of carbonyl (C=O) groups is 2. The highest BCUT2D eigenvalue weighted by atomic mass is 16.6. The predicted molar refractivity (Wildman–Crippen MR) is 114 cm³/mol. The van der Waals surface area contributed by atoms with E-state index in [1.54, 1.807) is 30.3 Å². The molecule has 0 heterocycles. The smallest absolute Gasteiger partial charge is 0.344 e. The van der Waals surface area contributed by atoms with Gasteiger partial charge in [0.2, 0.25) is 0 Å². The number of methoxy groups -OCH3 is 1. The number of hydrogen-bond donors (Lipinski definition) is 1. The van der Waals surface area contributed by atoms with E-state index in [2.05, 4.69) is 5.32 Å². The predicted octanol–water partition coefficient (Wildman–Crippen LogP) is 3.85. The highest BCUT2D eigenvalue weighted by molar-refractivity contribution is 5.94. The fraction of sp³-hybridized carbons (Fsp3) is 0.167. The van der Waals surface area contributed by atoms with Crippen LogP contribution in [-0.4, -0.2) is 32.2 Å². The molecule has 3 aromatic rings. The standard InChI is InChI=1S/C24H23NO5/c1-28-22-14-8-6-12-20(22)25-23(26)16-30-24(27)17-29-21-13-7-5-11-19(21)15-18-9-3-2-4-10-18/h2-14H,15-17H2,1H3,(H,25,26). The molecule has 0 atom stereocenters. The van der Waals surface area contributed by atoms with Crippen molar-refractivity contribution in [2.45, 2.75) is 6.42 Å². The van der Waals surface area contributed by atoms with Gasteiger partial charge in [0.25, 0.3) is 5.91 Å². The third-order valence-corrected chi connectivity index (χ3v) is 4.30. The van der Waals surface area contributed by atoms with Crippen molar-refractivity contribution in [3.8, 4) is 11.5 Å². The number of carbonyl (C=O) groups excluding carboxylic acids is 2. The van der Waals surface area contributed by atoms with Gasteiger partial charge in [0.1, 0.15) is 11.5 Å². The summed E-state index contributed by atoms with van der Waals surface area (Å²) in [6.45, 7) is -0.695. The fourth-order valence-corrected chi connectivity index (χ4v) is 2.87. The lowest BCUT2D eigenvalue weighted by atomic mass is 10.0. The van der Waals surface area contributed by atoms with Crippen molar-refractivity contribution in [2.24, 2.45) is 0 Å². The lowest BCUT2D eigenvalue weighted by molar-refractivity contribution is -0.149. The molecule has 6 nitrogen and oxygen atoms in total. The van der Waals surface area contributed by atoms with Crippen molar-refractivity contribution in [3.63, 3.8) is 0 Å². The molecule has 0 radical (unpaired) electrons. The Morgan fingerprint density at radius 1 is 0.800 bits per heavy atom. The molecule has 0 bridgehead atoms. The van der Waals surface area contributed by atoms with E-state index in [1.807, 2.05) is 48.5 Å². The first kappa shape index (κ1) is 20.9. The zero-order valence-corrected chi connectivity index (χ0v) is 16.7. The summed E-state index contributed by atoms with van der Waals surface area (Å²) < 4.78 is 15.8. The summed E-state index contributed by atoms with van der Waals surface area (Å²) in [5, 5.41) is 2.65. The van der Waals surface area contributed by atoms with E-state index in [4.69, 9.17) is 14.2 Å². The number of nitrogens with one attached hydrogen (secondary N) is 1. The molecule has 30 heavy (non-hydrogen) atoms. The molecule has 1 amide bonds. The highest BCUT2D eigenvalue weighted by Crippen LogP contribution is 2.23. The molecule has 1 N–H and O–H groups in total. The third-order valence-electron chi connectivity index (χ3n) is 4.30. The quantitative estimate of drug-likeness (QED) is 0.548. The molecular formula is C24H23NO5. The molecule has 0 aliphatic rings. The molecule has 0 aromatic heterocycles. The lowest BCUT2D eigenvalue weighted by Crippen LogP contribution is -2.24. The molecule has 0 fully saturated rings. The van der Waals surface area contributed by atoms with Crippen molar-refractivity contribution in [1.82, 2.24) is 0 Å². The molecule has 0 spiro atoms. The number of anilines is 1. The number of amides is 1. The second kappa shape index (κ2) is 10.7. The van der Waals surface area contributed by atoms with E-state index in [0.29, 0.717) is 23.6 Å². The van der Waals surface area contributed by atoms with Crippen LogP contribution in [0.15, 0.2) is 78.9 Å². The fourth-order valence-electron chi connectivity index (χ4n) is 2.87. The van der Waals surface area contributed by atoms with Crippen LogP contribution in [0.1, 0.15) is 11.1 Å². The summed E-state index contributed by atoms with van der Waals surface area (Å²) in [5.41, 5.74) is 2.61. The lowest BCUT2D eigenvalue weighted by Gasteiger charge is -2.12. The van der Waals surface area contributed by atoms with E-state index in [-0.39, 0.29) is 6.61 Å². The van der Waals surface area contributed by atoms with Crippen LogP contribution in [0.3, 0.4) is 0 Å². The Morgan fingerprint density at radius 3 is 2.23 bits per heavy atom. The van der Waals surface area contributed by atoms with Crippen LogP contribution in [0.2, 0.25) is 0 Å². The van der Waals surface area contributed by atoms with Gasteiger partial charge in [0.15, 0.2) is 13.2 Å². The third kappa shape index (κ3) is 6.10. The molecule has 3 aromatic carbocycles. The van der Waals surface area contributed by atoms with Crippen LogP contribution in [-0.2, 0) is 20.7 Å². The molecule has 0 saturated heterocycles. The first-order chi connectivity index (χ1) is 14.7. The zero-order valence-electron chi connectivity index (χ0n) is 16.7. The first-order valence-corrected chi connectivity index (χ1v) is 9.49. The highest BCUT2D eigenvalue weighted by Gasteiger charge is 2.12. The summed E-state index contributed by atoms with van der Waals surface area (Å²) in [4.78, 5) is 24.0. The largest absolute Gasteiger partial charge is 0.495 e. The first-order valence-electron chi connectivity index (χ1n) is 9.49. The van der Waals surface area contributed by atoms with Gasteiger partial charge >= 0.3 is 5.97 Å². The number of esters is 1. The number of rotatable bonds is 9. The molecule has 3 rings (SSSR count). The van der Waals surface area contributed by atoms with Crippen LogP contribution in [0.25, 0.3) is 0 Å². The number of hydrogen-bond acceptors (Lipinski definition) is 5. The minimum absolute atomic E-state index is 0.284. The van der Waals surface area contributed by atoms with E-state index in [1.165, 1.54) is 7.11 Å². The Bertz CT molecular complexity index is 988. The maximum atomic E-state index is 12.0. The average molecular weight is 405 g/mol. The van der Waals surface area contributed by atoms with Gasteiger partial charge in [0, 0.05) is 6.42 Å². The Labute approximate surface area is 175 Å². The van der Waals surface area contributed by atoms with Crippen molar-refractivity contribution < 1.29 is 23.8 Å². The van der Waals surface area contributed by atoms with Crippen molar-refractivity contribution in [2.75, 3.05) is 25.6 Å². The van der Waals surface area contributed by atoms with Gasteiger partial charge in [-0.3, -0.25) is 4.79 Å². The normalized spacial score (nSPS) is 10.2. The molecule has 0 aliphatic heterocycles. The van der Waals surface area contributed by atoms with E-state index in [0.717, 1.165) is 11.1 Å². The van der Waals surface area contributed by atoms with Crippen molar-refractivity contribution in [3.05, 3.63) is 90.0 Å².